The van der Waals surface area contributed by atoms with Crippen molar-refractivity contribution in [1.82, 2.24) is 0 Å². The van der Waals surface area contributed by atoms with Gasteiger partial charge in [-0.1, -0.05) is 60.7 Å². The molecular weight excluding hydrogens is 388 g/mol. The summed E-state index contributed by atoms with van der Waals surface area (Å²) >= 11 is 0. The molecule has 0 aromatic heterocycles. The van der Waals surface area contributed by atoms with Crippen molar-refractivity contribution in [2.45, 2.75) is 37.9 Å². The average molecular weight is 415 g/mol. The summed E-state index contributed by atoms with van der Waals surface area (Å²) in [5.41, 5.74) is 1.28. The molecule has 3 aromatic carbocycles. The molecule has 5 rings (SSSR count). The maximum absolute atomic E-state index is 13.0. The van der Waals surface area contributed by atoms with Gasteiger partial charge in [0.2, 0.25) is 11.5 Å². The lowest BCUT2D eigenvalue weighted by atomic mass is 9.80. The molecule has 3 aromatic rings. The summed E-state index contributed by atoms with van der Waals surface area (Å²) in [5, 5.41) is 2.22. The van der Waals surface area contributed by atoms with Crippen LogP contribution in [0, 0.1) is 5.92 Å². The zero-order valence-electron chi connectivity index (χ0n) is 17.4. The number of carbonyl (C=O) groups is 1. The molecule has 4 nitrogen and oxygen atoms in total. The molecule has 4 heteroatoms. The van der Waals surface area contributed by atoms with Crippen molar-refractivity contribution in [2.24, 2.45) is 5.92 Å². The highest BCUT2D eigenvalue weighted by molar-refractivity contribution is 5.96. The zero-order valence-corrected chi connectivity index (χ0v) is 17.4. The molecule has 0 radical (unpaired) electrons. The lowest BCUT2D eigenvalue weighted by Gasteiger charge is -2.37. The molecule has 1 heterocycles. The van der Waals surface area contributed by atoms with Crippen molar-refractivity contribution in [3.63, 3.8) is 0 Å². The van der Waals surface area contributed by atoms with Gasteiger partial charge >= 0.3 is 0 Å². The zero-order chi connectivity index (χ0) is 21.0. The van der Waals surface area contributed by atoms with Crippen LogP contribution in [0.3, 0.4) is 0 Å². The Morgan fingerprint density at radius 2 is 1.71 bits per heavy atom. The van der Waals surface area contributed by atoms with Gasteiger partial charge in [0.1, 0.15) is 18.1 Å². The summed E-state index contributed by atoms with van der Waals surface area (Å²) < 4.78 is 17.9. The standard InChI is InChI=1S/C27H26O4/c28-27-24-13-12-22(29-15-14-19-6-2-1-3-7-19)17-25(24)30-18-26(27)31-23-11-10-20-8-4-5-9-21(20)16-23/h1-11,16,18,22,24-25H,12-15,17H2. The van der Waals surface area contributed by atoms with Crippen LogP contribution in [0.5, 0.6) is 5.75 Å². The van der Waals surface area contributed by atoms with E-state index in [-0.39, 0.29) is 23.9 Å². The number of hydrogen-bond donors (Lipinski definition) is 0. The monoisotopic (exact) mass is 414 g/mol. The Hall–Kier alpha value is -3.11. The summed E-state index contributed by atoms with van der Waals surface area (Å²) in [4.78, 5) is 13.0. The molecule has 1 aliphatic heterocycles. The van der Waals surface area contributed by atoms with Crippen molar-refractivity contribution >= 4 is 16.6 Å². The minimum absolute atomic E-state index is 0.0344. The summed E-state index contributed by atoms with van der Waals surface area (Å²) in [5.74, 6) is 0.819. The van der Waals surface area contributed by atoms with Crippen LogP contribution in [-0.4, -0.2) is 24.6 Å². The van der Waals surface area contributed by atoms with Crippen molar-refractivity contribution in [2.75, 3.05) is 6.61 Å². The molecule has 3 unspecified atom stereocenters. The van der Waals surface area contributed by atoms with Crippen LogP contribution in [0.2, 0.25) is 0 Å². The normalized spacial score (nSPS) is 23.0. The third-order valence-corrected chi connectivity index (χ3v) is 6.21. The number of fused-ring (bicyclic) bond motifs is 2. The second-order valence-corrected chi connectivity index (χ2v) is 8.28. The quantitative estimate of drug-likeness (QED) is 0.538. The lowest BCUT2D eigenvalue weighted by Crippen LogP contribution is -2.42. The van der Waals surface area contributed by atoms with Gasteiger partial charge in [-0.2, -0.15) is 0 Å². The number of carbonyl (C=O) groups excluding carboxylic acids is 1. The van der Waals surface area contributed by atoms with Crippen molar-refractivity contribution < 1.29 is 19.0 Å². The molecule has 0 saturated heterocycles. The molecule has 3 atom stereocenters. The fourth-order valence-electron chi connectivity index (χ4n) is 4.50. The van der Waals surface area contributed by atoms with Gasteiger partial charge in [0.15, 0.2) is 0 Å². The topological polar surface area (TPSA) is 44.8 Å². The predicted octanol–water partition coefficient (Wildman–Crippen LogP) is 5.46. The minimum Gasteiger partial charge on any atom is -0.493 e. The van der Waals surface area contributed by atoms with Crippen LogP contribution in [0.4, 0.5) is 0 Å². The highest BCUT2D eigenvalue weighted by Crippen LogP contribution is 2.35. The van der Waals surface area contributed by atoms with Crippen LogP contribution in [0.25, 0.3) is 10.8 Å². The Bertz CT molecular complexity index is 1090. The van der Waals surface area contributed by atoms with E-state index in [1.165, 1.54) is 11.8 Å². The van der Waals surface area contributed by atoms with Gasteiger partial charge in [-0.25, -0.2) is 0 Å². The number of Topliss-reactive ketones (excluding diaryl/α,β-unsaturated/α-hetero) is 1. The average Bonchev–Trinajstić information content (AvgIpc) is 2.81. The summed E-state index contributed by atoms with van der Waals surface area (Å²) in [7, 11) is 0. The van der Waals surface area contributed by atoms with Gasteiger partial charge in [0.25, 0.3) is 0 Å². The van der Waals surface area contributed by atoms with Crippen LogP contribution >= 0.6 is 0 Å². The first-order valence-corrected chi connectivity index (χ1v) is 11.0. The summed E-state index contributed by atoms with van der Waals surface area (Å²) in [6.07, 6.45) is 4.76. The first kappa shape index (κ1) is 19.8. The van der Waals surface area contributed by atoms with Crippen LogP contribution in [0.1, 0.15) is 24.8 Å². The fourth-order valence-corrected chi connectivity index (χ4v) is 4.50. The molecule has 158 valence electrons. The SMILES string of the molecule is O=C1C(Oc2ccc3ccccc3c2)=COC2CC(OCCc3ccccc3)CCC12. The minimum atomic E-state index is -0.158. The van der Waals surface area contributed by atoms with E-state index >= 15 is 0 Å². The van der Waals surface area contributed by atoms with Gasteiger partial charge in [-0.3, -0.25) is 4.79 Å². The maximum atomic E-state index is 13.0. The van der Waals surface area contributed by atoms with E-state index in [9.17, 15) is 4.79 Å². The molecule has 1 saturated carbocycles. The Morgan fingerprint density at radius 3 is 2.58 bits per heavy atom. The number of allylic oxidation sites excluding steroid dienone is 1. The second kappa shape index (κ2) is 8.94. The Morgan fingerprint density at radius 1 is 0.903 bits per heavy atom. The molecule has 31 heavy (non-hydrogen) atoms. The highest BCUT2D eigenvalue weighted by atomic mass is 16.5. The van der Waals surface area contributed by atoms with E-state index in [0.29, 0.717) is 18.1 Å². The molecular formula is C27H26O4. The number of benzene rings is 3. The highest BCUT2D eigenvalue weighted by Gasteiger charge is 2.41. The molecule has 0 spiro atoms. The number of hydrogen-bond acceptors (Lipinski definition) is 4. The smallest absolute Gasteiger partial charge is 0.207 e. The second-order valence-electron chi connectivity index (χ2n) is 8.28. The molecule has 2 aliphatic rings. The van der Waals surface area contributed by atoms with Gasteiger partial charge in [-0.15, -0.1) is 0 Å². The molecule has 1 aliphatic carbocycles. The van der Waals surface area contributed by atoms with E-state index in [2.05, 4.69) is 18.2 Å². The summed E-state index contributed by atoms with van der Waals surface area (Å²) in [6.45, 7) is 0.687. The van der Waals surface area contributed by atoms with Gasteiger partial charge in [-0.05, 0) is 47.7 Å². The third kappa shape index (κ3) is 4.49. The number of ketones is 1. The fraction of sp³-hybridized carbons (Fsp3) is 0.296. The van der Waals surface area contributed by atoms with Crippen LogP contribution in [-0.2, 0) is 20.7 Å². The van der Waals surface area contributed by atoms with E-state index < -0.39 is 0 Å². The summed E-state index contributed by atoms with van der Waals surface area (Å²) in [6, 6.07) is 24.3. The number of ether oxygens (including phenoxy) is 3. The molecule has 0 amide bonds. The molecule has 1 fully saturated rings. The molecule has 0 bridgehead atoms. The van der Waals surface area contributed by atoms with Gasteiger partial charge in [0.05, 0.1) is 18.6 Å². The first-order chi connectivity index (χ1) is 15.3. The van der Waals surface area contributed by atoms with Crippen LogP contribution in [0.15, 0.2) is 84.8 Å². The van der Waals surface area contributed by atoms with Gasteiger partial charge < -0.3 is 14.2 Å². The first-order valence-electron chi connectivity index (χ1n) is 11.0. The number of rotatable bonds is 6. The van der Waals surface area contributed by atoms with Crippen molar-refractivity contribution in [1.29, 1.82) is 0 Å². The largest absolute Gasteiger partial charge is 0.493 e. The van der Waals surface area contributed by atoms with E-state index in [1.807, 2.05) is 54.6 Å². The van der Waals surface area contributed by atoms with E-state index in [4.69, 9.17) is 14.2 Å². The predicted molar refractivity (Wildman–Crippen MR) is 120 cm³/mol. The lowest BCUT2D eigenvalue weighted by molar-refractivity contribution is -0.133. The Kier molecular flexibility index (Phi) is 5.72. The van der Waals surface area contributed by atoms with E-state index in [1.54, 1.807) is 0 Å². The maximum Gasteiger partial charge on any atom is 0.207 e. The van der Waals surface area contributed by atoms with Gasteiger partial charge in [0, 0.05) is 6.42 Å². The van der Waals surface area contributed by atoms with Crippen LogP contribution < -0.4 is 4.74 Å². The Labute approximate surface area is 182 Å². The van der Waals surface area contributed by atoms with Crippen molar-refractivity contribution in [3.05, 3.63) is 90.4 Å². The van der Waals surface area contributed by atoms with Crippen molar-refractivity contribution in [3.8, 4) is 5.75 Å². The molecule has 0 N–H and O–H groups in total. The third-order valence-electron chi connectivity index (χ3n) is 6.21. The Balaban J connectivity index is 1.18. The van der Waals surface area contributed by atoms with E-state index in [0.717, 1.165) is 36.5 Å².